The van der Waals surface area contributed by atoms with Crippen molar-refractivity contribution in [2.75, 3.05) is 13.2 Å². The topological polar surface area (TPSA) is 64.6 Å². The zero-order chi connectivity index (χ0) is 16.8. The van der Waals surface area contributed by atoms with Crippen molar-refractivity contribution in [1.29, 1.82) is 0 Å². The summed E-state index contributed by atoms with van der Waals surface area (Å²) in [5.74, 6) is 0.625. The summed E-state index contributed by atoms with van der Waals surface area (Å²) in [6.45, 7) is 0.842. The molecule has 1 aliphatic carbocycles. The zero-order valence-corrected chi connectivity index (χ0v) is 13.6. The lowest BCUT2D eigenvalue weighted by molar-refractivity contribution is 0.171. The van der Waals surface area contributed by atoms with Gasteiger partial charge in [-0.1, -0.05) is 12.1 Å². The largest absolute Gasteiger partial charge is 0.486 e. The minimum absolute atomic E-state index is 0.125. The predicted molar refractivity (Wildman–Crippen MR) is 85.1 cm³/mol. The molecule has 1 aliphatic heterocycles. The molecule has 5 nitrogen and oxygen atoms in total. The Morgan fingerprint density at radius 1 is 0.958 bits per heavy atom. The van der Waals surface area contributed by atoms with Crippen LogP contribution >= 0.6 is 0 Å². The Kier molecular flexibility index (Phi) is 3.51. The van der Waals surface area contributed by atoms with E-state index in [1.807, 2.05) is 0 Å². The Bertz CT molecular complexity index is 876. The van der Waals surface area contributed by atoms with Gasteiger partial charge in [0.25, 0.3) is 0 Å². The maximum atomic E-state index is 13.1. The molecule has 24 heavy (non-hydrogen) atoms. The molecule has 0 saturated heterocycles. The third kappa shape index (κ3) is 2.74. The normalized spacial score (nSPS) is 18.2. The van der Waals surface area contributed by atoms with E-state index in [1.54, 1.807) is 18.2 Å². The molecular formula is C17H16FNO4S. The van der Waals surface area contributed by atoms with Crippen LogP contribution in [0.25, 0.3) is 0 Å². The first-order chi connectivity index (χ1) is 11.5. The minimum atomic E-state index is -3.73. The van der Waals surface area contributed by atoms with Crippen LogP contribution in [0.4, 0.5) is 4.39 Å². The number of nitrogens with one attached hydrogen (secondary N) is 1. The van der Waals surface area contributed by atoms with E-state index in [-0.39, 0.29) is 10.7 Å². The van der Waals surface area contributed by atoms with Crippen LogP contribution in [0.2, 0.25) is 0 Å². The van der Waals surface area contributed by atoms with E-state index in [9.17, 15) is 12.8 Å². The molecule has 2 aromatic rings. The first-order valence-electron chi connectivity index (χ1n) is 7.68. The van der Waals surface area contributed by atoms with Gasteiger partial charge in [0.2, 0.25) is 10.0 Å². The van der Waals surface area contributed by atoms with Gasteiger partial charge >= 0.3 is 0 Å². The van der Waals surface area contributed by atoms with E-state index in [2.05, 4.69) is 4.72 Å². The Labute approximate surface area is 139 Å². The van der Waals surface area contributed by atoms with Crippen molar-refractivity contribution in [2.24, 2.45) is 0 Å². The number of rotatable bonds is 4. The van der Waals surface area contributed by atoms with E-state index in [1.165, 1.54) is 24.3 Å². The fraction of sp³-hybridized carbons (Fsp3) is 0.294. The summed E-state index contributed by atoms with van der Waals surface area (Å²) in [5, 5.41) is 0. The Morgan fingerprint density at radius 3 is 2.29 bits per heavy atom. The molecular weight excluding hydrogens is 333 g/mol. The number of halogens is 1. The maximum absolute atomic E-state index is 13.1. The summed E-state index contributed by atoms with van der Waals surface area (Å²) < 4.78 is 52.2. The Balaban J connectivity index is 1.62. The van der Waals surface area contributed by atoms with Gasteiger partial charge in [0.1, 0.15) is 19.0 Å². The molecule has 1 N–H and O–H groups in total. The highest BCUT2D eigenvalue weighted by atomic mass is 32.2. The minimum Gasteiger partial charge on any atom is -0.486 e. The summed E-state index contributed by atoms with van der Waals surface area (Å²) >= 11 is 0. The van der Waals surface area contributed by atoms with E-state index in [4.69, 9.17) is 9.47 Å². The standard InChI is InChI=1S/C17H16FNO4S/c18-13-3-1-12(2-4-13)17(7-8-17)19-24(20,21)14-5-6-15-16(11-14)23-10-9-22-15/h1-6,11,19H,7-10H2. The summed E-state index contributed by atoms with van der Waals surface area (Å²) in [4.78, 5) is 0.125. The summed E-state index contributed by atoms with van der Waals surface area (Å²) in [6.07, 6.45) is 1.37. The fourth-order valence-corrected chi connectivity index (χ4v) is 4.31. The van der Waals surface area contributed by atoms with Crippen LogP contribution in [-0.2, 0) is 15.6 Å². The van der Waals surface area contributed by atoms with Crippen molar-refractivity contribution in [3.63, 3.8) is 0 Å². The molecule has 7 heteroatoms. The average Bonchev–Trinajstić information content (AvgIpc) is 3.35. The highest BCUT2D eigenvalue weighted by Gasteiger charge is 2.47. The van der Waals surface area contributed by atoms with Gasteiger partial charge in [-0.3, -0.25) is 0 Å². The molecule has 1 fully saturated rings. The van der Waals surface area contributed by atoms with Gasteiger partial charge < -0.3 is 9.47 Å². The SMILES string of the molecule is O=S(=O)(NC1(c2ccc(F)cc2)CC1)c1ccc2c(c1)OCCO2. The van der Waals surface area contributed by atoms with Crippen molar-refractivity contribution < 1.29 is 22.3 Å². The zero-order valence-electron chi connectivity index (χ0n) is 12.8. The fourth-order valence-electron chi connectivity index (χ4n) is 2.85. The van der Waals surface area contributed by atoms with Crippen molar-refractivity contribution in [3.05, 3.63) is 53.8 Å². The number of ether oxygens (including phenoxy) is 2. The number of fused-ring (bicyclic) bond motifs is 1. The number of benzene rings is 2. The summed E-state index contributed by atoms with van der Waals surface area (Å²) in [7, 11) is -3.73. The molecule has 4 rings (SSSR count). The molecule has 2 aliphatic rings. The quantitative estimate of drug-likeness (QED) is 0.921. The van der Waals surface area contributed by atoms with E-state index in [0.29, 0.717) is 37.6 Å². The van der Waals surface area contributed by atoms with Crippen LogP contribution in [-0.4, -0.2) is 21.6 Å². The lowest BCUT2D eigenvalue weighted by Gasteiger charge is -2.21. The molecule has 2 aromatic carbocycles. The van der Waals surface area contributed by atoms with Crippen LogP contribution in [0.3, 0.4) is 0 Å². The second-order valence-corrected chi connectivity index (χ2v) is 7.68. The Morgan fingerprint density at radius 2 is 1.62 bits per heavy atom. The smallest absolute Gasteiger partial charge is 0.241 e. The van der Waals surface area contributed by atoms with Gasteiger partial charge in [0.05, 0.1) is 10.4 Å². The van der Waals surface area contributed by atoms with Crippen LogP contribution in [0, 0.1) is 5.82 Å². The molecule has 0 spiro atoms. The van der Waals surface area contributed by atoms with Gasteiger partial charge in [-0.15, -0.1) is 0 Å². The molecule has 0 unspecified atom stereocenters. The lowest BCUT2D eigenvalue weighted by Crippen LogP contribution is -2.35. The highest BCUT2D eigenvalue weighted by Crippen LogP contribution is 2.46. The number of sulfonamides is 1. The van der Waals surface area contributed by atoms with Crippen LogP contribution in [0.15, 0.2) is 47.4 Å². The maximum Gasteiger partial charge on any atom is 0.241 e. The van der Waals surface area contributed by atoms with Gasteiger partial charge in [0.15, 0.2) is 11.5 Å². The van der Waals surface area contributed by atoms with Gasteiger partial charge in [-0.05, 0) is 42.7 Å². The van der Waals surface area contributed by atoms with E-state index in [0.717, 1.165) is 5.56 Å². The highest BCUT2D eigenvalue weighted by molar-refractivity contribution is 7.89. The molecule has 0 bridgehead atoms. The van der Waals surface area contributed by atoms with Crippen LogP contribution in [0.5, 0.6) is 11.5 Å². The molecule has 0 aromatic heterocycles. The van der Waals surface area contributed by atoms with E-state index >= 15 is 0 Å². The molecule has 1 saturated carbocycles. The number of hydrogen-bond donors (Lipinski definition) is 1. The Hall–Kier alpha value is -2.12. The second-order valence-electron chi connectivity index (χ2n) is 6.00. The summed E-state index contributed by atoms with van der Waals surface area (Å²) in [6, 6.07) is 10.5. The van der Waals surface area contributed by atoms with Crippen molar-refractivity contribution in [2.45, 2.75) is 23.3 Å². The number of hydrogen-bond acceptors (Lipinski definition) is 4. The molecule has 1 heterocycles. The molecule has 126 valence electrons. The van der Waals surface area contributed by atoms with Gasteiger partial charge in [0, 0.05) is 6.07 Å². The van der Waals surface area contributed by atoms with Gasteiger partial charge in [-0.2, -0.15) is 0 Å². The monoisotopic (exact) mass is 349 g/mol. The average molecular weight is 349 g/mol. The summed E-state index contributed by atoms with van der Waals surface area (Å²) in [5.41, 5.74) is 0.116. The van der Waals surface area contributed by atoms with Gasteiger partial charge in [-0.25, -0.2) is 17.5 Å². The van der Waals surface area contributed by atoms with Crippen molar-refractivity contribution in [3.8, 4) is 11.5 Å². The first-order valence-corrected chi connectivity index (χ1v) is 9.17. The lowest BCUT2D eigenvalue weighted by atomic mass is 10.1. The predicted octanol–water partition coefficient (Wildman–Crippen LogP) is 2.56. The molecule has 0 radical (unpaired) electrons. The van der Waals surface area contributed by atoms with Crippen molar-refractivity contribution in [1.82, 2.24) is 4.72 Å². The van der Waals surface area contributed by atoms with Crippen molar-refractivity contribution >= 4 is 10.0 Å². The third-order valence-electron chi connectivity index (χ3n) is 4.30. The van der Waals surface area contributed by atoms with E-state index < -0.39 is 15.6 Å². The molecule has 0 amide bonds. The van der Waals surface area contributed by atoms with Crippen LogP contribution < -0.4 is 14.2 Å². The second kappa shape index (κ2) is 5.46. The molecule has 0 atom stereocenters. The first kappa shape index (κ1) is 15.4. The van der Waals surface area contributed by atoms with Crippen LogP contribution in [0.1, 0.15) is 18.4 Å². The third-order valence-corrected chi connectivity index (χ3v) is 5.83.